The van der Waals surface area contributed by atoms with Crippen LogP contribution in [0.4, 0.5) is 59.7 Å². The minimum Gasteiger partial charge on any atom is -0.508 e. The van der Waals surface area contributed by atoms with Crippen LogP contribution in [-0.2, 0) is 31.5 Å². The first-order valence-corrected chi connectivity index (χ1v) is 16.2. The van der Waals surface area contributed by atoms with E-state index in [1.807, 2.05) is 0 Å². The summed E-state index contributed by atoms with van der Waals surface area (Å²) in [6.07, 6.45) is -11.0. The van der Waals surface area contributed by atoms with E-state index in [4.69, 9.17) is 23.2 Å². The van der Waals surface area contributed by atoms with E-state index in [0.29, 0.717) is 0 Å². The molecule has 7 nitrogen and oxygen atoms in total. The smallest absolute Gasteiger partial charge is 0.416 e. The SMILES string of the molecule is O=C1[C@H]2[C@H](CC=C3[C@H]2C[C@@]2(Cl)C(=O)N(c4c(F)c(F)c(F)c(F)c4F)C(=O)[C@@]2(Cl)[C@H]3c2ccccc2O)C(=O)N1c1cc(C(F)(F)F)cc(C(F)(F)F)c1. The van der Waals surface area contributed by atoms with E-state index in [1.165, 1.54) is 18.2 Å². The van der Waals surface area contributed by atoms with Crippen LogP contribution < -0.4 is 9.80 Å². The molecule has 3 aromatic rings. The Kier molecular flexibility index (Phi) is 8.28. The predicted molar refractivity (Wildman–Crippen MR) is 163 cm³/mol. The second-order valence-corrected chi connectivity index (χ2v) is 14.3. The van der Waals surface area contributed by atoms with Crippen LogP contribution in [0.5, 0.6) is 5.75 Å². The maximum Gasteiger partial charge on any atom is 0.416 e. The molecule has 0 bridgehead atoms. The van der Waals surface area contributed by atoms with Crippen LogP contribution in [0.1, 0.15) is 35.4 Å². The normalized spacial score (nSPS) is 28.4. The molecule has 0 aromatic heterocycles. The highest BCUT2D eigenvalue weighted by atomic mass is 35.5. The van der Waals surface area contributed by atoms with E-state index < -0.39 is 144 Å². The Morgan fingerprint density at radius 2 is 1.24 bits per heavy atom. The monoisotopic (exact) mass is 812 g/mol. The van der Waals surface area contributed by atoms with Crippen molar-refractivity contribution in [2.75, 3.05) is 9.80 Å². The number of carbonyl (C=O) groups is 4. The third kappa shape index (κ3) is 4.94. The zero-order valence-electron chi connectivity index (χ0n) is 26.2. The third-order valence-corrected chi connectivity index (χ3v) is 11.7. The Morgan fingerprint density at radius 1 is 0.704 bits per heavy atom. The van der Waals surface area contributed by atoms with Gasteiger partial charge in [0, 0.05) is 11.5 Å². The molecule has 4 aliphatic rings. The number of para-hydroxylation sites is 1. The van der Waals surface area contributed by atoms with Gasteiger partial charge in [0.25, 0.3) is 11.8 Å². The average Bonchev–Trinajstić information content (AvgIpc) is 3.44. The van der Waals surface area contributed by atoms with Crippen LogP contribution in [0, 0.1) is 46.8 Å². The van der Waals surface area contributed by atoms with Crippen molar-refractivity contribution >= 4 is 58.2 Å². The van der Waals surface area contributed by atoms with Crippen LogP contribution >= 0.6 is 23.2 Å². The number of hydrogen-bond acceptors (Lipinski definition) is 5. The maximum absolute atomic E-state index is 15.2. The molecule has 4 amide bonds. The van der Waals surface area contributed by atoms with Gasteiger partial charge in [-0.2, -0.15) is 26.3 Å². The lowest BCUT2D eigenvalue weighted by Crippen LogP contribution is -2.60. The number of fused-ring (bicyclic) bond motifs is 4. The molecule has 1 saturated carbocycles. The number of anilines is 2. The zero-order chi connectivity index (χ0) is 39.8. The van der Waals surface area contributed by atoms with Gasteiger partial charge in [0.2, 0.25) is 17.6 Å². The molecular formula is C34H17Cl2F11N2O5. The molecule has 2 heterocycles. The van der Waals surface area contributed by atoms with Crippen LogP contribution in [0.3, 0.4) is 0 Å². The minimum atomic E-state index is -5.37. The van der Waals surface area contributed by atoms with Gasteiger partial charge in [-0.3, -0.25) is 19.2 Å². The summed E-state index contributed by atoms with van der Waals surface area (Å²) < 4.78 is 155. The van der Waals surface area contributed by atoms with Crippen molar-refractivity contribution in [3.8, 4) is 5.75 Å². The number of rotatable bonds is 3. The van der Waals surface area contributed by atoms with Crippen molar-refractivity contribution in [2.45, 2.75) is 40.9 Å². The van der Waals surface area contributed by atoms with E-state index in [2.05, 4.69) is 0 Å². The van der Waals surface area contributed by atoms with Crippen LogP contribution in [-0.4, -0.2) is 38.5 Å². The van der Waals surface area contributed by atoms with Gasteiger partial charge in [-0.1, -0.05) is 29.8 Å². The minimum absolute atomic E-state index is 0.109. The molecule has 1 N–H and O–H groups in total. The molecule has 0 unspecified atom stereocenters. The van der Waals surface area contributed by atoms with Crippen molar-refractivity contribution in [1.82, 2.24) is 0 Å². The Labute approximate surface area is 304 Å². The molecule has 3 fully saturated rings. The fourth-order valence-corrected chi connectivity index (χ4v) is 8.89. The fraction of sp³-hybridized carbons (Fsp3) is 0.294. The number of hydrogen-bond donors (Lipinski definition) is 1. The maximum atomic E-state index is 15.2. The molecule has 2 aliphatic heterocycles. The number of phenols is 1. The molecule has 3 aromatic carbocycles. The highest BCUT2D eigenvalue weighted by molar-refractivity contribution is 6.58. The summed E-state index contributed by atoms with van der Waals surface area (Å²) in [4.78, 5) is 50.0. The Balaban J connectivity index is 1.41. The highest BCUT2D eigenvalue weighted by Crippen LogP contribution is 2.67. The zero-order valence-corrected chi connectivity index (χ0v) is 27.7. The van der Waals surface area contributed by atoms with Gasteiger partial charge in [-0.05, 0) is 43.0 Å². The number of alkyl halides is 8. The number of nitrogens with zero attached hydrogens (tertiary/aromatic N) is 2. The van der Waals surface area contributed by atoms with Gasteiger partial charge < -0.3 is 5.11 Å². The molecule has 284 valence electrons. The van der Waals surface area contributed by atoms with E-state index in [9.17, 15) is 63.8 Å². The third-order valence-electron chi connectivity index (χ3n) is 10.3. The molecule has 6 atom stereocenters. The van der Waals surface area contributed by atoms with Crippen molar-refractivity contribution in [3.05, 3.63) is 99.9 Å². The lowest BCUT2D eigenvalue weighted by molar-refractivity contribution is -0.143. The number of benzene rings is 3. The summed E-state index contributed by atoms with van der Waals surface area (Å²) in [5.41, 5.74) is -7.29. The molecule has 0 radical (unpaired) electrons. The molecular weight excluding hydrogens is 796 g/mol. The highest BCUT2D eigenvalue weighted by Gasteiger charge is 2.77. The van der Waals surface area contributed by atoms with Gasteiger partial charge >= 0.3 is 12.4 Å². The van der Waals surface area contributed by atoms with Crippen LogP contribution in [0.25, 0.3) is 0 Å². The first-order chi connectivity index (χ1) is 25.0. The number of halogens is 13. The Hall–Kier alpha value is -4.71. The Morgan fingerprint density at radius 3 is 1.78 bits per heavy atom. The molecule has 7 rings (SSSR count). The van der Waals surface area contributed by atoms with Gasteiger partial charge in [0.1, 0.15) is 11.4 Å². The van der Waals surface area contributed by atoms with E-state index >= 15 is 8.78 Å². The summed E-state index contributed by atoms with van der Waals surface area (Å²) >= 11 is 13.9. The molecule has 2 aliphatic carbocycles. The second-order valence-electron chi connectivity index (χ2n) is 13.0. The standard InChI is InChI=1S/C34H17Cl2F11N2O5/c35-31-10-17-14(5-6-16-19(17)28(52)48(27(16)51)13-8-11(33(42,43)44)7-12(9-13)34(45,46)47)20(15-3-1-2-4-18(15)50)32(31,36)30(54)49(29(31)53)26-24(40)22(38)21(37)23(39)25(26)41/h1-5,7-9,16-17,19-20,50H,6,10H2/t16-,17+,19-,20+,31+,32-/m0/s1. The molecule has 54 heavy (non-hydrogen) atoms. The van der Waals surface area contributed by atoms with Gasteiger partial charge in [-0.25, -0.2) is 31.8 Å². The average molecular weight is 813 g/mol. The number of allylic oxidation sites excluding steroid dienone is 2. The first-order valence-electron chi connectivity index (χ1n) is 15.4. The first kappa shape index (κ1) is 37.6. The summed E-state index contributed by atoms with van der Waals surface area (Å²) in [6.45, 7) is 0. The second kappa shape index (κ2) is 11.9. The quantitative estimate of drug-likeness (QED) is 0.0726. The summed E-state index contributed by atoms with van der Waals surface area (Å²) in [6, 6.07) is 4.89. The van der Waals surface area contributed by atoms with Crippen LogP contribution in [0.2, 0.25) is 0 Å². The summed E-state index contributed by atoms with van der Waals surface area (Å²) in [7, 11) is 0. The fourth-order valence-electron chi connectivity index (χ4n) is 7.97. The van der Waals surface area contributed by atoms with Crippen molar-refractivity contribution in [3.63, 3.8) is 0 Å². The number of aromatic hydroxyl groups is 1. The van der Waals surface area contributed by atoms with E-state index in [-0.39, 0.29) is 34.2 Å². The van der Waals surface area contributed by atoms with Gasteiger partial charge in [0.05, 0.1) is 28.7 Å². The van der Waals surface area contributed by atoms with Gasteiger partial charge in [0.15, 0.2) is 33.0 Å². The summed E-state index contributed by atoms with van der Waals surface area (Å²) in [5.74, 6) is -26.6. The summed E-state index contributed by atoms with van der Waals surface area (Å²) in [5, 5.41) is 10.9. The number of carbonyl (C=O) groups excluding carboxylic acids is 4. The number of phenolic OH excluding ortho intramolecular Hbond substituents is 1. The van der Waals surface area contributed by atoms with Crippen LogP contribution in [0.15, 0.2) is 54.1 Å². The lowest BCUT2D eigenvalue weighted by Gasteiger charge is -2.50. The number of amides is 4. The Bertz CT molecular complexity index is 2200. The molecule has 2 saturated heterocycles. The van der Waals surface area contributed by atoms with E-state index in [0.717, 1.165) is 12.1 Å². The largest absolute Gasteiger partial charge is 0.508 e. The van der Waals surface area contributed by atoms with Crippen molar-refractivity contribution in [1.29, 1.82) is 0 Å². The topological polar surface area (TPSA) is 95.0 Å². The predicted octanol–water partition coefficient (Wildman–Crippen LogP) is 7.89. The van der Waals surface area contributed by atoms with Crippen molar-refractivity contribution < 1.29 is 72.6 Å². The molecule has 0 spiro atoms. The van der Waals surface area contributed by atoms with Gasteiger partial charge in [-0.15, -0.1) is 23.2 Å². The van der Waals surface area contributed by atoms with Crippen molar-refractivity contribution in [2.24, 2.45) is 17.8 Å². The van der Waals surface area contributed by atoms with E-state index in [1.54, 1.807) is 0 Å². The number of imide groups is 2. The lowest BCUT2D eigenvalue weighted by atomic mass is 9.56. The molecule has 20 heteroatoms.